The topological polar surface area (TPSA) is 48.0 Å². The molecular weight excluding hydrogens is 454 g/mol. The van der Waals surface area contributed by atoms with Crippen molar-refractivity contribution in [2.75, 3.05) is 27.3 Å². The first-order valence-corrected chi connectivity index (χ1v) is 17.0. The molecule has 35 heavy (non-hydrogen) atoms. The van der Waals surface area contributed by atoms with E-state index in [0.29, 0.717) is 17.9 Å². The van der Waals surface area contributed by atoms with Crippen LogP contribution in [0.1, 0.15) is 66.7 Å². The molecule has 0 radical (unpaired) electrons. The molecule has 1 heterocycles. The van der Waals surface area contributed by atoms with Crippen LogP contribution in [0.4, 0.5) is 0 Å². The lowest BCUT2D eigenvalue weighted by molar-refractivity contribution is -0.247. The van der Waals surface area contributed by atoms with Crippen molar-refractivity contribution in [1.29, 1.82) is 0 Å². The first kappa shape index (κ1) is 24.8. The van der Waals surface area contributed by atoms with Gasteiger partial charge in [-0.3, -0.25) is 9.69 Å². The second kappa shape index (κ2) is 7.10. The molecule has 2 spiro atoms. The number of rotatable bonds is 5. The van der Waals surface area contributed by atoms with Gasteiger partial charge in [-0.2, -0.15) is 0 Å². The zero-order valence-electron chi connectivity index (χ0n) is 23.5. The quantitative estimate of drug-likeness (QED) is 0.286. The summed E-state index contributed by atoms with van der Waals surface area (Å²) < 4.78 is 19.4. The molecule has 6 aliphatic carbocycles. The van der Waals surface area contributed by atoms with E-state index in [1.165, 1.54) is 12.0 Å². The van der Waals surface area contributed by atoms with E-state index >= 15 is 0 Å². The number of nitrogens with zero attached hydrogens (tertiary/aromatic N) is 1. The number of carbonyl (C=O) groups is 1. The Labute approximate surface area is 213 Å². The third-order valence-corrected chi connectivity index (χ3v) is 17.0. The minimum Gasteiger partial charge on any atom is -0.413 e. The van der Waals surface area contributed by atoms with Gasteiger partial charge in [-0.1, -0.05) is 40.7 Å². The maximum absolute atomic E-state index is 14.6. The molecule has 0 amide bonds. The monoisotopic (exact) mass is 501 g/mol. The minimum absolute atomic E-state index is 0.00638. The van der Waals surface area contributed by atoms with Crippen LogP contribution in [0, 0.1) is 34.0 Å². The number of hydrogen-bond donors (Lipinski definition) is 0. The second-order valence-corrected chi connectivity index (χ2v) is 19.3. The van der Waals surface area contributed by atoms with Crippen LogP contribution >= 0.6 is 0 Å². The van der Waals surface area contributed by atoms with E-state index in [9.17, 15) is 4.79 Å². The maximum atomic E-state index is 14.6. The number of likely N-dealkylation sites (tertiary alicyclic amines) is 1. The zero-order valence-corrected chi connectivity index (χ0v) is 24.5. The van der Waals surface area contributed by atoms with E-state index in [1.54, 1.807) is 14.2 Å². The molecule has 1 aliphatic heterocycles. The van der Waals surface area contributed by atoms with E-state index < -0.39 is 19.5 Å². The molecule has 6 heteroatoms. The Kier molecular flexibility index (Phi) is 5.03. The van der Waals surface area contributed by atoms with Crippen molar-refractivity contribution in [2.24, 2.45) is 34.0 Å². The minimum atomic E-state index is -2.00. The lowest BCUT2D eigenvalue weighted by Crippen LogP contribution is -2.69. The molecule has 5 nitrogen and oxygen atoms in total. The highest BCUT2D eigenvalue weighted by Gasteiger charge is 2.85. The summed E-state index contributed by atoms with van der Waals surface area (Å²) in [7, 11) is 1.32. The number of piperidine rings is 1. The molecule has 7 aliphatic rings. The first-order valence-electron chi connectivity index (χ1n) is 14.1. The molecule has 0 aromatic rings. The molecule has 2 unspecified atom stereocenters. The van der Waals surface area contributed by atoms with Crippen LogP contribution in [0.25, 0.3) is 0 Å². The average molecular weight is 502 g/mol. The van der Waals surface area contributed by atoms with Gasteiger partial charge in [-0.15, -0.1) is 0 Å². The molecule has 4 saturated carbocycles. The number of hydrogen-bond acceptors (Lipinski definition) is 5. The number of methoxy groups -OCH3 is 2. The normalized spacial score (nSPS) is 47.7. The lowest BCUT2D eigenvalue weighted by Gasteiger charge is -2.66. The third kappa shape index (κ3) is 2.53. The molecule has 8 atom stereocenters. The Morgan fingerprint density at radius 1 is 1.14 bits per heavy atom. The van der Waals surface area contributed by atoms with Gasteiger partial charge in [0.05, 0.1) is 11.5 Å². The Morgan fingerprint density at radius 2 is 1.83 bits per heavy atom. The zero-order chi connectivity index (χ0) is 25.4. The fourth-order valence-electron chi connectivity index (χ4n) is 10.2. The van der Waals surface area contributed by atoms with Crippen molar-refractivity contribution >= 4 is 14.1 Å². The smallest absolute Gasteiger partial charge is 0.235 e. The Hall–Kier alpha value is -0.533. The Morgan fingerprint density at radius 3 is 2.43 bits per heavy atom. The van der Waals surface area contributed by atoms with Gasteiger partial charge in [0.25, 0.3) is 0 Å². The molecule has 0 N–H and O–H groups in total. The summed E-state index contributed by atoms with van der Waals surface area (Å²) in [5, 5.41) is 0.162. The van der Waals surface area contributed by atoms with Crippen molar-refractivity contribution < 1.29 is 18.7 Å². The number of ketones is 1. The molecule has 196 valence electrons. The molecule has 7 bridgehead atoms. The van der Waals surface area contributed by atoms with Crippen LogP contribution in [-0.2, 0) is 18.7 Å². The second-order valence-electron chi connectivity index (χ2n) is 14.5. The maximum Gasteiger partial charge on any atom is 0.235 e. The fourth-order valence-corrected chi connectivity index (χ4v) is 11.6. The predicted octanol–water partition coefficient (Wildman–Crippen LogP) is 5.41. The van der Waals surface area contributed by atoms with Gasteiger partial charge in [0.1, 0.15) is 0 Å². The molecule has 0 aromatic heterocycles. The van der Waals surface area contributed by atoms with Gasteiger partial charge in [0.2, 0.25) is 11.6 Å². The molecule has 1 saturated heterocycles. The van der Waals surface area contributed by atoms with E-state index in [0.717, 1.165) is 38.8 Å². The molecular formula is C29H47NO4Si. The summed E-state index contributed by atoms with van der Waals surface area (Å²) >= 11 is 0. The van der Waals surface area contributed by atoms with Crippen molar-refractivity contribution in [2.45, 2.75) is 103 Å². The fraction of sp³-hybridized carbons (Fsp3) is 0.897. The van der Waals surface area contributed by atoms with Crippen LogP contribution in [0.5, 0.6) is 0 Å². The van der Waals surface area contributed by atoms with Gasteiger partial charge in [-0.25, -0.2) is 0 Å². The molecule has 0 aromatic carbocycles. The third-order valence-electron chi connectivity index (χ3n) is 12.5. The van der Waals surface area contributed by atoms with E-state index in [1.807, 2.05) is 0 Å². The van der Waals surface area contributed by atoms with Crippen molar-refractivity contribution in [1.82, 2.24) is 4.90 Å². The van der Waals surface area contributed by atoms with E-state index in [4.69, 9.17) is 13.9 Å². The highest BCUT2D eigenvalue weighted by Crippen LogP contribution is 2.82. The Bertz CT molecular complexity index is 982. The van der Waals surface area contributed by atoms with Crippen molar-refractivity contribution in [3.05, 3.63) is 11.6 Å². The summed E-state index contributed by atoms with van der Waals surface area (Å²) in [6.45, 7) is 19.0. The number of fused-ring (bicyclic) bond motifs is 2. The van der Waals surface area contributed by atoms with Gasteiger partial charge in [0.15, 0.2) is 8.32 Å². The lowest BCUT2D eigenvalue weighted by atomic mass is 9.43. The summed E-state index contributed by atoms with van der Waals surface area (Å²) in [6.07, 6.45) is 8.10. The number of carbonyl (C=O) groups excluding carboxylic acids is 1. The number of ether oxygens (including phenoxy) is 2. The molecule has 5 fully saturated rings. The SMILES string of the molecule is CCN1C[C@]2(C)CC[C@H](O[Si](C)(C)C(C)(C)C)C34C5=C[C@@H]6CC[C@]5(C(=O)C6(OC)OC)C(C[C@@H]32)[C@@H]14. The highest BCUT2D eigenvalue weighted by atomic mass is 28.4. The summed E-state index contributed by atoms with van der Waals surface area (Å²) in [5.74, 6) is 0.0165. The van der Waals surface area contributed by atoms with Crippen LogP contribution in [0.2, 0.25) is 18.1 Å². The van der Waals surface area contributed by atoms with Crippen molar-refractivity contribution in [3.8, 4) is 0 Å². The summed E-state index contributed by atoms with van der Waals surface area (Å²) in [5.41, 5.74) is 1.24. The van der Waals surface area contributed by atoms with Gasteiger partial charge < -0.3 is 13.9 Å². The largest absolute Gasteiger partial charge is 0.413 e. The van der Waals surface area contributed by atoms with Gasteiger partial charge >= 0.3 is 0 Å². The van der Waals surface area contributed by atoms with E-state index in [2.05, 4.69) is 58.7 Å². The van der Waals surface area contributed by atoms with Gasteiger partial charge in [-0.05, 0) is 79.6 Å². The van der Waals surface area contributed by atoms with E-state index in [-0.39, 0.29) is 33.7 Å². The first-order chi connectivity index (χ1) is 16.3. The highest BCUT2D eigenvalue weighted by molar-refractivity contribution is 6.74. The summed E-state index contributed by atoms with van der Waals surface area (Å²) in [4.78, 5) is 17.4. The van der Waals surface area contributed by atoms with Crippen molar-refractivity contribution in [3.63, 3.8) is 0 Å². The number of Topliss-reactive ketones (excluding diaryl/α,β-unsaturated/α-hetero) is 1. The standard InChI is InChI=1S/C29H47NO4Si/c1-10-30-17-26(5)13-12-22(34-35(8,9)25(2,3)4)28-20(26)16-19(23(28)30)27-14-11-18(15-21(27)28)29(32-6,33-7)24(27)31/h15,18-20,22-23H,10-14,16-17H2,1-9H3/t18-,19?,20+,22-,23+,26-,27-,28?/m0/s1. The van der Waals surface area contributed by atoms with Gasteiger partial charge in [0, 0.05) is 38.1 Å². The van der Waals surface area contributed by atoms with Crippen LogP contribution in [-0.4, -0.2) is 64.2 Å². The Balaban J connectivity index is 1.58. The average Bonchev–Trinajstić information content (AvgIpc) is 3.24. The molecule has 7 rings (SSSR count). The summed E-state index contributed by atoms with van der Waals surface area (Å²) in [6, 6.07) is 0.388. The van der Waals surface area contributed by atoms with Crippen LogP contribution in [0.15, 0.2) is 11.6 Å². The predicted molar refractivity (Wildman–Crippen MR) is 139 cm³/mol. The van der Waals surface area contributed by atoms with Crippen LogP contribution in [0.3, 0.4) is 0 Å². The van der Waals surface area contributed by atoms with Crippen LogP contribution < -0.4 is 0 Å².